The highest BCUT2D eigenvalue weighted by Crippen LogP contribution is 2.30. The number of ether oxygens (including phenoxy) is 2. The van der Waals surface area contributed by atoms with Crippen LogP contribution in [0.5, 0.6) is 5.75 Å². The van der Waals surface area contributed by atoms with E-state index in [1.54, 1.807) is 25.7 Å². The lowest BCUT2D eigenvalue weighted by Crippen LogP contribution is -2.40. The number of carbonyl (C=O) groups is 2. The molecule has 0 radical (unpaired) electrons. The Kier molecular flexibility index (Phi) is 5.76. The van der Waals surface area contributed by atoms with Crippen molar-refractivity contribution in [1.82, 2.24) is 5.32 Å². The van der Waals surface area contributed by atoms with Crippen LogP contribution in [0.25, 0.3) is 0 Å². The van der Waals surface area contributed by atoms with Gasteiger partial charge in [0.05, 0.1) is 11.6 Å². The van der Waals surface area contributed by atoms with Crippen molar-refractivity contribution in [3.05, 3.63) is 23.8 Å². The third kappa shape index (κ3) is 6.54. The van der Waals surface area contributed by atoms with E-state index in [1.165, 1.54) is 6.07 Å². The zero-order valence-electron chi connectivity index (χ0n) is 15.1. The van der Waals surface area contributed by atoms with E-state index in [1.807, 2.05) is 0 Å². The molecule has 1 atom stereocenters. The third-order valence-corrected chi connectivity index (χ3v) is 3.65. The van der Waals surface area contributed by atoms with Gasteiger partial charge in [0.2, 0.25) is 0 Å². The highest BCUT2D eigenvalue weighted by molar-refractivity contribution is 5.89. The summed E-state index contributed by atoms with van der Waals surface area (Å²) in [4.78, 5) is 24.7. The number of benzene rings is 1. The topological polar surface area (TPSA) is 88.1 Å². The molecule has 7 nitrogen and oxygen atoms in total. The number of carboxylic acids is 1. The first-order valence-corrected chi connectivity index (χ1v) is 8.21. The number of amides is 1. The minimum Gasteiger partial charge on any atom is -0.478 e. The average molecular weight is 390 g/mol. The molecule has 0 saturated carbocycles. The van der Waals surface area contributed by atoms with Gasteiger partial charge < -0.3 is 24.8 Å². The summed E-state index contributed by atoms with van der Waals surface area (Å²) in [6, 6.07) is 2.92. The highest BCUT2D eigenvalue weighted by Gasteiger charge is 2.32. The second-order valence-corrected chi connectivity index (χ2v) is 7.15. The fourth-order valence-corrected chi connectivity index (χ4v) is 2.67. The minimum atomic E-state index is -4.93. The normalized spacial score (nSPS) is 17.6. The maximum atomic E-state index is 12.5. The molecule has 1 fully saturated rings. The van der Waals surface area contributed by atoms with Crippen molar-refractivity contribution in [3.8, 4) is 5.75 Å². The molecule has 1 saturated heterocycles. The number of aromatic carboxylic acids is 1. The van der Waals surface area contributed by atoms with Crippen LogP contribution < -0.4 is 15.0 Å². The SMILES string of the molecule is CC(C)(C)OC(=O)N[C@H]1CCN(c2cc(OC(F)(F)F)cc(C(=O)O)c2)C1. The van der Waals surface area contributed by atoms with Gasteiger partial charge in [-0.2, -0.15) is 0 Å². The molecular formula is C17H21F3N2O5. The summed E-state index contributed by atoms with van der Waals surface area (Å²) in [7, 11) is 0. The number of halogens is 3. The summed E-state index contributed by atoms with van der Waals surface area (Å²) in [5.41, 5.74) is -0.708. The summed E-state index contributed by atoms with van der Waals surface area (Å²) in [6.45, 7) is 5.91. The van der Waals surface area contributed by atoms with Crippen LogP contribution in [0.2, 0.25) is 0 Å². The Bertz CT molecular complexity index is 716. The molecule has 0 aliphatic carbocycles. The van der Waals surface area contributed by atoms with Crippen LogP contribution in [0.4, 0.5) is 23.7 Å². The van der Waals surface area contributed by atoms with Gasteiger partial charge in [0.1, 0.15) is 11.4 Å². The van der Waals surface area contributed by atoms with Crippen molar-refractivity contribution in [3.63, 3.8) is 0 Å². The Hall–Kier alpha value is -2.65. The van der Waals surface area contributed by atoms with Gasteiger partial charge in [-0.3, -0.25) is 0 Å². The number of carboxylic acid groups (broad SMARTS) is 1. The molecule has 0 aromatic heterocycles. The third-order valence-electron chi connectivity index (χ3n) is 3.65. The van der Waals surface area contributed by atoms with Gasteiger partial charge in [0.15, 0.2) is 0 Å². The number of alkyl carbamates (subject to hydrolysis) is 1. The number of carbonyl (C=O) groups excluding carboxylic acids is 1. The molecule has 2 rings (SSSR count). The van der Waals surface area contributed by atoms with E-state index >= 15 is 0 Å². The molecule has 0 bridgehead atoms. The van der Waals surface area contributed by atoms with Crippen LogP contribution in [0.15, 0.2) is 18.2 Å². The summed E-state index contributed by atoms with van der Waals surface area (Å²) < 4.78 is 46.5. The lowest BCUT2D eigenvalue weighted by Gasteiger charge is -2.23. The van der Waals surface area contributed by atoms with E-state index in [2.05, 4.69) is 10.1 Å². The van der Waals surface area contributed by atoms with Crippen molar-refractivity contribution in [2.75, 3.05) is 18.0 Å². The smallest absolute Gasteiger partial charge is 0.478 e. The lowest BCUT2D eigenvalue weighted by atomic mass is 10.1. The molecule has 1 heterocycles. The van der Waals surface area contributed by atoms with E-state index in [-0.39, 0.29) is 17.3 Å². The first-order valence-electron chi connectivity index (χ1n) is 8.21. The predicted molar refractivity (Wildman–Crippen MR) is 90.1 cm³/mol. The maximum absolute atomic E-state index is 12.5. The van der Waals surface area contributed by atoms with Gasteiger partial charge in [-0.1, -0.05) is 0 Å². The molecule has 1 amide bonds. The Morgan fingerprint density at radius 2 is 1.89 bits per heavy atom. The van der Waals surface area contributed by atoms with E-state index in [0.29, 0.717) is 19.5 Å². The number of alkyl halides is 3. The molecule has 1 aliphatic heterocycles. The van der Waals surface area contributed by atoms with Crippen molar-refractivity contribution >= 4 is 17.7 Å². The molecule has 0 unspecified atom stereocenters. The largest absolute Gasteiger partial charge is 0.573 e. The van der Waals surface area contributed by atoms with Crippen LogP contribution in [-0.4, -0.2) is 48.3 Å². The molecule has 27 heavy (non-hydrogen) atoms. The van der Waals surface area contributed by atoms with Crippen LogP contribution >= 0.6 is 0 Å². The number of hydrogen-bond donors (Lipinski definition) is 2. The van der Waals surface area contributed by atoms with Gasteiger partial charge in [-0.15, -0.1) is 13.2 Å². The highest BCUT2D eigenvalue weighted by atomic mass is 19.4. The molecule has 1 aromatic carbocycles. The first kappa shape index (κ1) is 20.7. The maximum Gasteiger partial charge on any atom is 0.573 e. The molecule has 10 heteroatoms. The van der Waals surface area contributed by atoms with Crippen molar-refractivity contribution in [2.24, 2.45) is 0 Å². The summed E-state index contributed by atoms with van der Waals surface area (Å²) in [5, 5.41) is 11.8. The summed E-state index contributed by atoms with van der Waals surface area (Å²) in [5.74, 6) is -1.98. The second-order valence-electron chi connectivity index (χ2n) is 7.15. The van der Waals surface area contributed by atoms with Crippen molar-refractivity contribution < 1.29 is 37.3 Å². The zero-order chi connectivity index (χ0) is 20.4. The van der Waals surface area contributed by atoms with Crippen molar-refractivity contribution in [1.29, 1.82) is 0 Å². The quantitative estimate of drug-likeness (QED) is 0.820. The van der Waals surface area contributed by atoms with E-state index in [0.717, 1.165) is 12.1 Å². The Labute approximate surface area is 154 Å². The van der Waals surface area contributed by atoms with E-state index < -0.39 is 29.8 Å². The number of hydrogen-bond acceptors (Lipinski definition) is 5. The van der Waals surface area contributed by atoms with Gasteiger partial charge in [-0.05, 0) is 39.3 Å². The minimum absolute atomic E-state index is 0.266. The summed E-state index contributed by atoms with van der Waals surface area (Å²) >= 11 is 0. The number of anilines is 1. The molecular weight excluding hydrogens is 369 g/mol. The molecule has 150 valence electrons. The van der Waals surface area contributed by atoms with Gasteiger partial charge in [0.25, 0.3) is 0 Å². The number of nitrogens with zero attached hydrogens (tertiary/aromatic N) is 1. The fraction of sp³-hybridized carbons (Fsp3) is 0.529. The number of nitrogens with one attached hydrogen (secondary N) is 1. The first-order chi connectivity index (χ1) is 12.3. The Morgan fingerprint density at radius 1 is 1.22 bits per heavy atom. The predicted octanol–water partition coefficient (Wildman–Crippen LogP) is 3.39. The monoisotopic (exact) mass is 390 g/mol. The summed E-state index contributed by atoms with van der Waals surface area (Å²) in [6.07, 6.45) is -4.98. The molecule has 2 N–H and O–H groups in total. The molecule has 1 aliphatic rings. The Balaban J connectivity index is 2.11. The van der Waals surface area contributed by atoms with E-state index in [9.17, 15) is 22.8 Å². The van der Waals surface area contributed by atoms with Crippen molar-refractivity contribution in [2.45, 2.75) is 45.2 Å². The van der Waals surface area contributed by atoms with Gasteiger partial charge in [-0.25, -0.2) is 9.59 Å². The molecule has 1 aromatic rings. The zero-order valence-corrected chi connectivity index (χ0v) is 15.1. The van der Waals surface area contributed by atoms with Crippen LogP contribution in [0.3, 0.4) is 0 Å². The van der Waals surface area contributed by atoms with Crippen LogP contribution in [0, 0.1) is 0 Å². The van der Waals surface area contributed by atoms with E-state index in [4.69, 9.17) is 9.84 Å². The second kappa shape index (κ2) is 7.53. The standard InChI is InChI=1S/C17H21F3N2O5/c1-16(2,3)27-15(25)21-11-4-5-22(9-11)12-6-10(14(23)24)7-13(8-12)26-17(18,19)20/h6-8,11H,4-5,9H2,1-3H3,(H,21,25)(H,23,24)/t11-/m0/s1. The average Bonchev–Trinajstić information content (AvgIpc) is 2.91. The van der Waals surface area contributed by atoms with Crippen LogP contribution in [0.1, 0.15) is 37.6 Å². The molecule has 0 spiro atoms. The van der Waals surface area contributed by atoms with Gasteiger partial charge in [0, 0.05) is 24.8 Å². The Morgan fingerprint density at radius 3 is 2.44 bits per heavy atom. The fourth-order valence-electron chi connectivity index (χ4n) is 2.67. The lowest BCUT2D eigenvalue weighted by molar-refractivity contribution is -0.274. The number of rotatable bonds is 4. The van der Waals surface area contributed by atoms with Crippen LogP contribution in [-0.2, 0) is 4.74 Å². The van der Waals surface area contributed by atoms with Gasteiger partial charge >= 0.3 is 18.4 Å².